The molecule has 0 amide bonds. The van der Waals surface area contributed by atoms with Gasteiger partial charge in [0.2, 0.25) is 0 Å². The highest BCUT2D eigenvalue weighted by Gasteiger charge is 2.47. The largest absolute Gasteiger partial charge is 0.456 e. The second-order valence-electron chi connectivity index (χ2n) is 16.9. The van der Waals surface area contributed by atoms with Crippen LogP contribution in [0.4, 0.5) is 0 Å². The minimum absolute atomic E-state index is 0.456. The van der Waals surface area contributed by atoms with E-state index in [0.29, 0.717) is 0 Å². The van der Waals surface area contributed by atoms with Crippen LogP contribution < -0.4 is 27.3 Å². The fourth-order valence-corrected chi connectivity index (χ4v) is 11.1. The maximum absolute atomic E-state index is 6.87. The van der Waals surface area contributed by atoms with Gasteiger partial charge in [-0.3, -0.25) is 0 Å². The Labute approximate surface area is 348 Å². The topological polar surface area (TPSA) is 13.1 Å². The zero-order valence-electron chi connectivity index (χ0n) is 34.0. The number of benzene rings is 10. The molecule has 11 aromatic rings. The van der Waals surface area contributed by atoms with Gasteiger partial charge in [-0.1, -0.05) is 157 Å². The summed E-state index contributed by atoms with van der Waals surface area (Å²) in [6.45, 7) is 0. The highest BCUT2D eigenvalue weighted by Crippen LogP contribution is 2.58. The molecular weight excluding hydrogens is 707 g/mol. The number of rotatable bonds is 4. The number of hydrogen-bond acceptors (Lipinski definition) is 1. The van der Waals surface area contributed by atoms with Crippen molar-refractivity contribution in [3.63, 3.8) is 0 Å². The van der Waals surface area contributed by atoms with Crippen molar-refractivity contribution < 1.29 is 4.42 Å². The van der Waals surface area contributed by atoms with Gasteiger partial charge in [0.05, 0.1) is 5.41 Å². The van der Waals surface area contributed by atoms with Crippen LogP contribution in [0.25, 0.3) is 87.6 Å². The average molecular weight is 744 g/mol. The van der Waals surface area contributed by atoms with E-state index in [1.54, 1.807) is 0 Å². The van der Waals surface area contributed by atoms with Crippen molar-refractivity contribution in [2.75, 3.05) is 0 Å². The van der Waals surface area contributed by atoms with Gasteiger partial charge in [0.1, 0.15) is 50.4 Å². The van der Waals surface area contributed by atoms with Crippen molar-refractivity contribution in [3.05, 3.63) is 186 Å². The fourth-order valence-electron chi connectivity index (χ4n) is 11.1. The third-order valence-electron chi connectivity index (χ3n) is 14.3. The summed E-state index contributed by atoms with van der Waals surface area (Å²) in [4.78, 5) is 0. The molecule has 0 aliphatic heterocycles. The minimum atomic E-state index is -0.456. The second-order valence-corrected chi connectivity index (χ2v) is 16.9. The molecule has 270 valence electrons. The molecule has 12 rings (SSSR count). The molecular formula is C53H37B5O. The van der Waals surface area contributed by atoms with E-state index in [-0.39, 0.29) is 0 Å². The molecule has 1 aromatic heterocycles. The first-order valence-electron chi connectivity index (χ1n) is 20.8. The van der Waals surface area contributed by atoms with Crippen LogP contribution >= 0.6 is 0 Å². The van der Waals surface area contributed by atoms with E-state index in [9.17, 15) is 0 Å². The van der Waals surface area contributed by atoms with Gasteiger partial charge in [0.15, 0.2) is 0 Å². The van der Waals surface area contributed by atoms with Crippen LogP contribution in [0, 0.1) is 0 Å². The van der Waals surface area contributed by atoms with E-state index in [1.807, 2.05) is 0 Å². The predicted molar refractivity (Wildman–Crippen MR) is 266 cm³/mol. The molecule has 0 radical (unpaired) electrons. The Balaban J connectivity index is 1.08. The van der Waals surface area contributed by atoms with Crippen LogP contribution in [-0.4, -0.2) is 39.2 Å². The molecule has 0 bridgehead atoms. The van der Waals surface area contributed by atoms with Gasteiger partial charge in [0.25, 0.3) is 0 Å². The van der Waals surface area contributed by atoms with Gasteiger partial charge in [-0.15, -0.1) is 16.4 Å². The number of fused-ring (bicyclic) bond motifs is 7. The van der Waals surface area contributed by atoms with Gasteiger partial charge in [-0.05, 0) is 106 Å². The van der Waals surface area contributed by atoms with Crippen LogP contribution in [0.2, 0.25) is 0 Å². The average Bonchev–Trinajstić information content (AvgIpc) is 3.81. The molecule has 0 fully saturated rings. The highest BCUT2D eigenvalue weighted by molar-refractivity contribution is 6.69. The van der Waals surface area contributed by atoms with Crippen LogP contribution in [0.3, 0.4) is 0 Å². The molecule has 0 unspecified atom stereocenters. The molecule has 10 aromatic carbocycles. The van der Waals surface area contributed by atoms with E-state index < -0.39 is 5.41 Å². The lowest BCUT2D eigenvalue weighted by Gasteiger charge is -2.33. The maximum Gasteiger partial charge on any atom is 0.139 e. The predicted octanol–water partition coefficient (Wildman–Crippen LogP) is 5.47. The summed E-state index contributed by atoms with van der Waals surface area (Å²) in [6, 6.07) is 61.0. The normalized spacial score (nSPS) is 13.2. The zero-order chi connectivity index (χ0) is 39.7. The third-order valence-corrected chi connectivity index (χ3v) is 14.3. The van der Waals surface area contributed by atoms with E-state index in [2.05, 4.69) is 203 Å². The summed E-state index contributed by atoms with van der Waals surface area (Å²) in [6.07, 6.45) is 0. The van der Waals surface area contributed by atoms with Crippen molar-refractivity contribution in [1.29, 1.82) is 0 Å². The minimum Gasteiger partial charge on any atom is -0.456 e. The Morgan fingerprint density at radius 2 is 0.898 bits per heavy atom. The lowest BCUT2D eigenvalue weighted by atomic mass is 9.59. The summed E-state index contributed by atoms with van der Waals surface area (Å²) in [5.74, 6) is 0. The van der Waals surface area contributed by atoms with Crippen LogP contribution in [-0.2, 0) is 5.41 Å². The summed E-state index contributed by atoms with van der Waals surface area (Å²) in [5.41, 5.74) is 21.0. The van der Waals surface area contributed by atoms with E-state index in [0.717, 1.165) is 22.1 Å². The Kier molecular flexibility index (Phi) is 7.25. The van der Waals surface area contributed by atoms with Crippen LogP contribution in [0.15, 0.2) is 168 Å². The molecule has 1 aliphatic carbocycles. The molecule has 0 saturated heterocycles. The summed E-state index contributed by atoms with van der Waals surface area (Å²) in [7, 11) is 11.4. The first kappa shape index (κ1) is 34.4. The maximum atomic E-state index is 6.87. The molecule has 0 spiro atoms. The number of hydrogen-bond donors (Lipinski definition) is 0. The van der Waals surface area contributed by atoms with E-state index >= 15 is 0 Å². The van der Waals surface area contributed by atoms with Crippen molar-refractivity contribution in [2.45, 2.75) is 5.41 Å². The molecule has 0 atom stereocenters. The Morgan fingerprint density at radius 1 is 0.356 bits per heavy atom. The Bertz CT molecular complexity index is 3480. The molecule has 0 N–H and O–H groups in total. The SMILES string of the molecule is Bc1c(B)c(B)c(-c2ccc3ccc4c(-c5ccc6c(c5)oc5ccc7c(c56)-c5ccccc5C7(c5ccccc5)c5ccccc5)ccc5ccc2c3c54)c(B)c1B. The second kappa shape index (κ2) is 12.4. The highest BCUT2D eigenvalue weighted by atomic mass is 16.3. The standard InChI is InChI=1S/C53H37B5O/c54-48-47(49(55)51(57)52(58)50(48)56)36-23-18-29-16-21-34-33(20-15-28-17-22-35(36)44(29)43(28)34)30-19-24-38-42(27-30)59-41-26-25-40-45(46(38)41)37-13-7-8-14-39(37)53(40,31-9-3-1-4-10-31)32-11-5-2-6-12-32/h1-27H,54-58H2. The van der Waals surface area contributed by atoms with Gasteiger partial charge in [-0.25, -0.2) is 0 Å². The van der Waals surface area contributed by atoms with Crippen LogP contribution in [0.5, 0.6) is 0 Å². The molecule has 1 aliphatic rings. The molecule has 6 heteroatoms. The zero-order valence-corrected chi connectivity index (χ0v) is 34.0. The van der Waals surface area contributed by atoms with Crippen LogP contribution in [0.1, 0.15) is 22.3 Å². The van der Waals surface area contributed by atoms with E-state index in [1.165, 1.54) is 115 Å². The smallest absolute Gasteiger partial charge is 0.139 e. The van der Waals surface area contributed by atoms with Gasteiger partial charge < -0.3 is 4.42 Å². The first-order valence-corrected chi connectivity index (χ1v) is 20.8. The molecule has 1 nitrogen and oxygen atoms in total. The summed E-state index contributed by atoms with van der Waals surface area (Å²) in [5, 5.41) is 10.1. The van der Waals surface area contributed by atoms with Gasteiger partial charge >= 0.3 is 0 Å². The van der Waals surface area contributed by atoms with Crippen molar-refractivity contribution in [3.8, 4) is 33.4 Å². The van der Waals surface area contributed by atoms with Crippen molar-refractivity contribution >= 4 is 121 Å². The van der Waals surface area contributed by atoms with Crippen molar-refractivity contribution in [1.82, 2.24) is 0 Å². The van der Waals surface area contributed by atoms with Gasteiger partial charge in [-0.2, -0.15) is 0 Å². The molecule has 1 heterocycles. The lowest BCUT2D eigenvalue weighted by molar-refractivity contribution is 0.668. The lowest BCUT2D eigenvalue weighted by Crippen LogP contribution is -2.55. The fraction of sp³-hybridized carbons (Fsp3) is 0.0189. The summed E-state index contributed by atoms with van der Waals surface area (Å²) >= 11 is 0. The van der Waals surface area contributed by atoms with Crippen molar-refractivity contribution in [2.24, 2.45) is 0 Å². The van der Waals surface area contributed by atoms with Gasteiger partial charge in [0, 0.05) is 10.8 Å². The molecule has 59 heavy (non-hydrogen) atoms. The molecule has 0 saturated carbocycles. The quantitative estimate of drug-likeness (QED) is 0.172. The first-order chi connectivity index (χ1) is 28.9. The third kappa shape index (κ3) is 4.52. The number of furan rings is 1. The Hall–Kier alpha value is -6.64. The Morgan fingerprint density at radius 3 is 1.56 bits per heavy atom. The summed E-state index contributed by atoms with van der Waals surface area (Å²) < 4.78 is 6.87. The van der Waals surface area contributed by atoms with E-state index in [4.69, 9.17) is 4.42 Å². The monoisotopic (exact) mass is 744 g/mol.